The van der Waals surface area contributed by atoms with Gasteiger partial charge in [-0.25, -0.2) is 0 Å². The minimum absolute atomic E-state index is 0.120. The molecule has 0 spiro atoms. The summed E-state index contributed by atoms with van der Waals surface area (Å²) in [6.07, 6.45) is 0. The zero-order valence-electron chi connectivity index (χ0n) is 11.9. The molecule has 102 valence electrons. The Hall–Kier alpha value is -1.58. The Labute approximate surface area is 115 Å². The highest BCUT2D eigenvalue weighted by Gasteiger charge is 2.18. The molecule has 0 aliphatic carbocycles. The molecule has 1 atom stereocenters. The maximum Gasteiger partial charge on any atom is 0.122 e. The normalized spacial score (nSPS) is 12.9. The van der Waals surface area contributed by atoms with E-state index in [1.54, 1.807) is 0 Å². The SMILES string of the molecule is Cc1ccc(CN(C)C(CN)c2ccc(C)o2)cc1. The van der Waals surface area contributed by atoms with Crippen LogP contribution in [0.3, 0.4) is 0 Å². The maximum atomic E-state index is 5.89. The van der Waals surface area contributed by atoms with Crippen molar-refractivity contribution in [2.75, 3.05) is 13.6 Å². The summed E-state index contributed by atoms with van der Waals surface area (Å²) < 4.78 is 5.69. The van der Waals surface area contributed by atoms with Gasteiger partial charge in [-0.3, -0.25) is 4.90 Å². The summed E-state index contributed by atoms with van der Waals surface area (Å²) in [5.74, 6) is 1.87. The van der Waals surface area contributed by atoms with Crippen molar-refractivity contribution in [3.05, 3.63) is 59.0 Å². The summed E-state index contributed by atoms with van der Waals surface area (Å²) in [5.41, 5.74) is 8.46. The average molecular weight is 258 g/mol. The Morgan fingerprint density at radius 1 is 1.11 bits per heavy atom. The second-order valence-corrected chi connectivity index (χ2v) is 5.10. The molecule has 0 radical (unpaired) electrons. The smallest absolute Gasteiger partial charge is 0.122 e. The van der Waals surface area contributed by atoms with Gasteiger partial charge in [-0.2, -0.15) is 0 Å². The third-order valence-corrected chi connectivity index (χ3v) is 3.40. The highest BCUT2D eigenvalue weighted by Crippen LogP contribution is 2.22. The van der Waals surface area contributed by atoms with Gasteiger partial charge in [0.1, 0.15) is 11.5 Å². The Bertz CT molecular complexity index is 516. The van der Waals surface area contributed by atoms with Crippen molar-refractivity contribution < 1.29 is 4.42 Å². The van der Waals surface area contributed by atoms with Crippen LogP contribution in [-0.4, -0.2) is 18.5 Å². The number of benzene rings is 1. The zero-order chi connectivity index (χ0) is 13.8. The van der Waals surface area contributed by atoms with Gasteiger partial charge in [0.2, 0.25) is 0 Å². The second kappa shape index (κ2) is 6.04. The van der Waals surface area contributed by atoms with Crippen molar-refractivity contribution in [1.29, 1.82) is 0 Å². The third kappa shape index (κ3) is 3.46. The predicted molar refractivity (Wildman–Crippen MR) is 77.9 cm³/mol. The average Bonchev–Trinajstić information content (AvgIpc) is 2.80. The van der Waals surface area contributed by atoms with Crippen LogP contribution in [-0.2, 0) is 6.54 Å². The highest BCUT2D eigenvalue weighted by atomic mass is 16.3. The first kappa shape index (κ1) is 13.8. The van der Waals surface area contributed by atoms with Crippen LogP contribution in [0.1, 0.15) is 28.7 Å². The maximum absolute atomic E-state index is 5.89. The first-order valence-electron chi connectivity index (χ1n) is 6.62. The molecule has 2 rings (SSSR count). The molecule has 1 aromatic carbocycles. The van der Waals surface area contributed by atoms with Crippen molar-refractivity contribution in [1.82, 2.24) is 4.90 Å². The molecule has 1 heterocycles. The van der Waals surface area contributed by atoms with Gasteiger partial charge in [-0.15, -0.1) is 0 Å². The fourth-order valence-electron chi connectivity index (χ4n) is 2.24. The van der Waals surface area contributed by atoms with E-state index in [0.29, 0.717) is 6.54 Å². The molecule has 3 nitrogen and oxygen atoms in total. The molecule has 0 saturated carbocycles. The number of hydrogen-bond acceptors (Lipinski definition) is 3. The standard InChI is InChI=1S/C16H22N2O/c1-12-4-7-14(8-5-12)11-18(3)15(10-17)16-9-6-13(2)19-16/h4-9,15H,10-11,17H2,1-3H3. The molecule has 0 bridgehead atoms. The van der Waals surface area contributed by atoms with E-state index in [2.05, 4.69) is 43.1 Å². The van der Waals surface area contributed by atoms with Gasteiger partial charge in [0, 0.05) is 13.1 Å². The van der Waals surface area contributed by atoms with Crippen LogP contribution in [0, 0.1) is 13.8 Å². The molecule has 0 fully saturated rings. The van der Waals surface area contributed by atoms with E-state index in [9.17, 15) is 0 Å². The van der Waals surface area contributed by atoms with Crippen LogP contribution >= 0.6 is 0 Å². The summed E-state index contributed by atoms with van der Waals surface area (Å²) in [4.78, 5) is 2.23. The quantitative estimate of drug-likeness (QED) is 0.896. The summed E-state index contributed by atoms with van der Waals surface area (Å²) in [6, 6.07) is 12.7. The molecule has 19 heavy (non-hydrogen) atoms. The van der Waals surface area contributed by atoms with E-state index in [0.717, 1.165) is 18.1 Å². The van der Waals surface area contributed by atoms with E-state index in [1.807, 2.05) is 19.1 Å². The van der Waals surface area contributed by atoms with Crippen LogP contribution in [0.4, 0.5) is 0 Å². The summed E-state index contributed by atoms with van der Waals surface area (Å²) in [6.45, 7) is 5.47. The van der Waals surface area contributed by atoms with Crippen LogP contribution in [0.2, 0.25) is 0 Å². The first-order valence-corrected chi connectivity index (χ1v) is 6.62. The Morgan fingerprint density at radius 3 is 2.32 bits per heavy atom. The topological polar surface area (TPSA) is 42.4 Å². The van der Waals surface area contributed by atoms with Crippen molar-refractivity contribution in [2.45, 2.75) is 26.4 Å². The van der Waals surface area contributed by atoms with E-state index in [-0.39, 0.29) is 6.04 Å². The van der Waals surface area contributed by atoms with Crippen molar-refractivity contribution >= 4 is 0 Å². The molecule has 0 aliphatic rings. The Morgan fingerprint density at radius 2 is 1.79 bits per heavy atom. The van der Waals surface area contributed by atoms with Crippen molar-refractivity contribution in [3.8, 4) is 0 Å². The van der Waals surface area contributed by atoms with Crippen LogP contribution in [0.5, 0.6) is 0 Å². The minimum Gasteiger partial charge on any atom is -0.465 e. The van der Waals surface area contributed by atoms with Crippen LogP contribution in [0.15, 0.2) is 40.8 Å². The van der Waals surface area contributed by atoms with E-state index >= 15 is 0 Å². The number of nitrogens with zero attached hydrogens (tertiary/aromatic N) is 1. The second-order valence-electron chi connectivity index (χ2n) is 5.10. The number of hydrogen-bond donors (Lipinski definition) is 1. The molecule has 0 amide bonds. The Balaban J connectivity index is 2.08. The van der Waals surface area contributed by atoms with Gasteiger partial charge >= 0.3 is 0 Å². The van der Waals surface area contributed by atoms with E-state index < -0.39 is 0 Å². The van der Waals surface area contributed by atoms with Gasteiger partial charge in [0.15, 0.2) is 0 Å². The van der Waals surface area contributed by atoms with Crippen LogP contribution < -0.4 is 5.73 Å². The number of furan rings is 1. The molecular weight excluding hydrogens is 236 g/mol. The fourth-order valence-corrected chi connectivity index (χ4v) is 2.24. The van der Waals surface area contributed by atoms with E-state index in [1.165, 1.54) is 11.1 Å². The van der Waals surface area contributed by atoms with Gasteiger partial charge in [-0.1, -0.05) is 29.8 Å². The lowest BCUT2D eigenvalue weighted by atomic mass is 10.1. The molecule has 2 N–H and O–H groups in total. The number of rotatable bonds is 5. The molecule has 0 saturated heterocycles. The molecule has 1 unspecified atom stereocenters. The van der Waals surface area contributed by atoms with Gasteiger partial charge in [0.25, 0.3) is 0 Å². The summed E-state index contributed by atoms with van der Waals surface area (Å²) in [5, 5.41) is 0. The Kier molecular flexibility index (Phi) is 4.40. The number of nitrogens with two attached hydrogens (primary N) is 1. The molecular formula is C16H22N2O. The van der Waals surface area contributed by atoms with Crippen LogP contribution in [0.25, 0.3) is 0 Å². The third-order valence-electron chi connectivity index (χ3n) is 3.40. The lowest BCUT2D eigenvalue weighted by Gasteiger charge is -2.25. The zero-order valence-corrected chi connectivity index (χ0v) is 11.9. The van der Waals surface area contributed by atoms with E-state index in [4.69, 9.17) is 10.2 Å². The number of likely N-dealkylation sites (N-methyl/N-ethyl adjacent to an activating group) is 1. The van der Waals surface area contributed by atoms with Gasteiger partial charge in [0.05, 0.1) is 6.04 Å². The first-order chi connectivity index (χ1) is 9.10. The van der Waals surface area contributed by atoms with Gasteiger partial charge in [-0.05, 0) is 38.6 Å². The molecule has 1 aromatic heterocycles. The molecule has 2 aromatic rings. The summed E-state index contributed by atoms with van der Waals surface area (Å²) >= 11 is 0. The van der Waals surface area contributed by atoms with Gasteiger partial charge < -0.3 is 10.2 Å². The number of aryl methyl sites for hydroxylation is 2. The summed E-state index contributed by atoms with van der Waals surface area (Å²) in [7, 11) is 2.08. The van der Waals surface area contributed by atoms with Crippen molar-refractivity contribution in [2.24, 2.45) is 5.73 Å². The molecule has 0 aliphatic heterocycles. The lowest BCUT2D eigenvalue weighted by Crippen LogP contribution is -2.29. The fraction of sp³-hybridized carbons (Fsp3) is 0.375. The largest absolute Gasteiger partial charge is 0.465 e. The predicted octanol–water partition coefficient (Wildman–Crippen LogP) is 3.03. The monoisotopic (exact) mass is 258 g/mol. The van der Waals surface area contributed by atoms with Crippen molar-refractivity contribution in [3.63, 3.8) is 0 Å². The minimum atomic E-state index is 0.120. The molecule has 3 heteroatoms. The lowest BCUT2D eigenvalue weighted by molar-refractivity contribution is 0.211. The highest BCUT2D eigenvalue weighted by molar-refractivity contribution is 5.21.